The molecule has 1 aromatic rings. The Balaban J connectivity index is 2.03. The average molecular weight is 365 g/mol. The molecule has 5 nitrogen and oxygen atoms in total. The molecule has 1 N–H and O–H groups in total. The molecular weight excluding hydrogens is 331 g/mol. The van der Waals surface area contributed by atoms with Crippen molar-refractivity contribution >= 4 is 5.96 Å². The molecule has 1 aromatic carbocycles. The molecule has 1 atom stereocenters. The van der Waals surface area contributed by atoms with E-state index in [-0.39, 0.29) is 5.82 Å². The van der Waals surface area contributed by atoms with Crippen LogP contribution >= 0.6 is 0 Å². The lowest BCUT2D eigenvalue weighted by molar-refractivity contribution is 0.114. The molecule has 2 rings (SSSR count). The molecule has 0 bridgehead atoms. The lowest BCUT2D eigenvalue weighted by Crippen LogP contribution is -2.40. The normalized spacial score (nSPS) is 18.0. The van der Waals surface area contributed by atoms with Crippen LogP contribution < -0.4 is 5.32 Å². The highest BCUT2D eigenvalue weighted by atomic mass is 19.1. The second-order valence-electron chi connectivity index (χ2n) is 7.09. The predicted octanol–water partition coefficient (Wildman–Crippen LogP) is 2.71. The standard InChI is InChI=1S/C20H33FN4O/c1-5-22-20(25-10-9-17(13-25)15-26-6-2)23-12-16-7-8-19(21)18(11-16)14-24(3)4/h7-8,11,17H,5-6,9-10,12-15H2,1-4H3,(H,22,23). The summed E-state index contributed by atoms with van der Waals surface area (Å²) in [5.41, 5.74) is 1.74. The zero-order valence-electron chi connectivity index (χ0n) is 16.6. The smallest absolute Gasteiger partial charge is 0.194 e. The first-order valence-corrected chi connectivity index (χ1v) is 9.56. The second kappa shape index (κ2) is 10.5. The Bertz CT molecular complexity index is 591. The molecule has 6 heteroatoms. The maximum Gasteiger partial charge on any atom is 0.194 e. The van der Waals surface area contributed by atoms with Crippen molar-refractivity contribution < 1.29 is 9.13 Å². The minimum atomic E-state index is -0.156. The van der Waals surface area contributed by atoms with Gasteiger partial charge in [0.25, 0.3) is 0 Å². The van der Waals surface area contributed by atoms with Gasteiger partial charge in [-0.1, -0.05) is 6.07 Å². The molecule has 0 amide bonds. The van der Waals surface area contributed by atoms with Crippen LogP contribution in [0.4, 0.5) is 4.39 Å². The summed E-state index contributed by atoms with van der Waals surface area (Å²) in [6.45, 7) is 9.65. The van der Waals surface area contributed by atoms with Crippen molar-refractivity contribution in [2.75, 3.05) is 46.9 Å². The van der Waals surface area contributed by atoms with Crippen molar-refractivity contribution in [3.8, 4) is 0 Å². The Kier molecular flexibility index (Phi) is 8.32. The van der Waals surface area contributed by atoms with Crippen LogP contribution in [0.5, 0.6) is 0 Å². The number of rotatable bonds is 8. The fourth-order valence-electron chi connectivity index (χ4n) is 3.23. The molecule has 26 heavy (non-hydrogen) atoms. The Morgan fingerprint density at radius 1 is 1.38 bits per heavy atom. The van der Waals surface area contributed by atoms with Gasteiger partial charge in [-0.15, -0.1) is 0 Å². The maximum absolute atomic E-state index is 13.9. The number of guanidine groups is 1. The first-order chi connectivity index (χ1) is 12.5. The zero-order chi connectivity index (χ0) is 18.9. The SMILES string of the molecule is CCNC(=NCc1ccc(F)c(CN(C)C)c1)N1CCC(COCC)C1. The summed E-state index contributed by atoms with van der Waals surface area (Å²) in [5.74, 6) is 1.35. The highest BCUT2D eigenvalue weighted by molar-refractivity contribution is 5.80. The molecule has 0 aromatic heterocycles. The van der Waals surface area contributed by atoms with Crippen molar-refractivity contribution in [3.05, 3.63) is 35.1 Å². The summed E-state index contributed by atoms with van der Waals surface area (Å²) >= 11 is 0. The molecule has 1 aliphatic heterocycles. The number of hydrogen-bond donors (Lipinski definition) is 1. The van der Waals surface area contributed by atoms with E-state index in [1.165, 1.54) is 0 Å². The fourth-order valence-corrected chi connectivity index (χ4v) is 3.23. The number of benzene rings is 1. The largest absolute Gasteiger partial charge is 0.381 e. The van der Waals surface area contributed by atoms with Gasteiger partial charge in [-0.05, 0) is 52.1 Å². The lowest BCUT2D eigenvalue weighted by atomic mass is 10.1. The lowest BCUT2D eigenvalue weighted by Gasteiger charge is -2.21. The number of halogens is 1. The van der Waals surface area contributed by atoms with Gasteiger partial charge in [-0.2, -0.15) is 0 Å². The minimum Gasteiger partial charge on any atom is -0.381 e. The van der Waals surface area contributed by atoms with Gasteiger partial charge in [0.05, 0.1) is 13.2 Å². The van der Waals surface area contributed by atoms with Gasteiger partial charge in [0.2, 0.25) is 0 Å². The first kappa shape index (κ1) is 20.6. The molecule has 146 valence electrons. The van der Waals surface area contributed by atoms with Gasteiger partial charge < -0.3 is 19.9 Å². The Labute approximate surface area is 157 Å². The molecule has 1 unspecified atom stereocenters. The Morgan fingerprint density at radius 3 is 2.88 bits per heavy atom. The van der Waals surface area contributed by atoms with Crippen LogP contribution in [0, 0.1) is 11.7 Å². The predicted molar refractivity (Wildman–Crippen MR) is 105 cm³/mol. The number of ether oxygens (including phenoxy) is 1. The van der Waals surface area contributed by atoms with E-state index in [4.69, 9.17) is 9.73 Å². The van der Waals surface area contributed by atoms with Gasteiger partial charge in [0.15, 0.2) is 5.96 Å². The monoisotopic (exact) mass is 364 g/mol. The van der Waals surface area contributed by atoms with Gasteiger partial charge >= 0.3 is 0 Å². The molecule has 1 saturated heterocycles. The van der Waals surface area contributed by atoms with E-state index < -0.39 is 0 Å². The van der Waals surface area contributed by atoms with E-state index in [0.29, 0.717) is 24.6 Å². The molecule has 1 aliphatic rings. The second-order valence-corrected chi connectivity index (χ2v) is 7.09. The third-order valence-corrected chi connectivity index (χ3v) is 4.49. The number of aliphatic imine (C=N–C) groups is 1. The van der Waals surface area contributed by atoms with E-state index in [2.05, 4.69) is 17.1 Å². The summed E-state index contributed by atoms with van der Waals surface area (Å²) in [4.78, 5) is 9.06. The van der Waals surface area contributed by atoms with E-state index >= 15 is 0 Å². The van der Waals surface area contributed by atoms with Crippen molar-refractivity contribution in [3.63, 3.8) is 0 Å². The summed E-state index contributed by atoms with van der Waals surface area (Å²) < 4.78 is 19.5. The van der Waals surface area contributed by atoms with Crippen LogP contribution in [0.15, 0.2) is 23.2 Å². The van der Waals surface area contributed by atoms with Crippen LogP contribution in [0.25, 0.3) is 0 Å². The molecule has 0 radical (unpaired) electrons. The van der Waals surface area contributed by atoms with E-state index in [1.807, 2.05) is 38.1 Å². The number of nitrogens with one attached hydrogen (secondary N) is 1. The van der Waals surface area contributed by atoms with Crippen LogP contribution in [0.2, 0.25) is 0 Å². The molecule has 1 fully saturated rings. The summed E-state index contributed by atoms with van der Waals surface area (Å²) in [7, 11) is 3.89. The molecule has 1 heterocycles. The van der Waals surface area contributed by atoms with Crippen LogP contribution in [-0.2, 0) is 17.8 Å². The minimum absolute atomic E-state index is 0.156. The van der Waals surface area contributed by atoms with Crippen molar-refractivity contribution in [1.82, 2.24) is 15.1 Å². The van der Waals surface area contributed by atoms with Crippen molar-refractivity contribution in [1.29, 1.82) is 0 Å². The van der Waals surface area contributed by atoms with Crippen LogP contribution in [-0.4, -0.2) is 62.7 Å². The van der Waals surface area contributed by atoms with E-state index in [0.717, 1.165) is 50.8 Å². The summed E-state index contributed by atoms with van der Waals surface area (Å²) in [6, 6.07) is 5.29. The summed E-state index contributed by atoms with van der Waals surface area (Å²) in [5, 5.41) is 3.38. The summed E-state index contributed by atoms with van der Waals surface area (Å²) in [6.07, 6.45) is 1.13. The third-order valence-electron chi connectivity index (χ3n) is 4.49. The van der Waals surface area contributed by atoms with Gasteiger partial charge in [0, 0.05) is 44.3 Å². The van der Waals surface area contributed by atoms with Gasteiger partial charge in [-0.3, -0.25) is 0 Å². The molecule has 0 spiro atoms. The Hall–Kier alpha value is -1.66. The fraction of sp³-hybridized carbons (Fsp3) is 0.650. The van der Waals surface area contributed by atoms with Crippen molar-refractivity contribution in [2.24, 2.45) is 10.9 Å². The topological polar surface area (TPSA) is 40.1 Å². The van der Waals surface area contributed by atoms with E-state index in [9.17, 15) is 4.39 Å². The highest BCUT2D eigenvalue weighted by Crippen LogP contribution is 2.17. The quantitative estimate of drug-likeness (QED) is 0.569. The number of hydrogen-bond acceptors (Lipinski definition) is 3. The van der Waals surface area contributed by atoms with Crippen molar-refractivity contribution in [2.45, 2.75) is 33.4 Å². The number of likely N-dealkylation sites (tertiary alicyclic amines) is 1. The van der Waals surface area contributed by atoms with E-state index in [1.54, 1.807) is 6.07 Å². The van der Waals surface area contributed by atoms with Crippen LogP contribution in [0.1, 0.15) is 31.4 Å². The first-order valence-electron chi connectivity index (χ1n) is 9.56. The van der Waals surface area contributed by atoms with Crippen LogP contribution in [0.3, 0.4) is 0 Å². The molecular formula is C20H33FN4O. The Morgan fingerprint density at radius 2 is 2.19 bits per heavy atom. The highest BCUT2D eigenvalue weighted by Gasteiger charge is 2.24. The third kappa shape index (κ3) is 6.25. The van der Waals surface area contributed by atoms with Gasteiger partial charge in [-0.25, -0.2) is 9.38 Å². The van der Waals surface area contributed by atoms with Gasteiger partial charge in [0.1, 0.15) is 5.82 Å². The number of nitrogens with zero attached hydrogens (tertiary/aromatic N) is 3. The maximum atomic E-state index is 13.9. The zero-order valence-corrected chi connectivity index (χ0v) is 16.6. The molecule has 0 saturated carbocycles. The molecule has 0 aliphatic carbocycles. The average Bonchev–Trinajstić information content (AvgIpc) is 3.07.